The molecule has 0 radical (unpaired) electrons. The van der Waals surface area contributed by atoms with E-state index in [0.717, 1.165) is 0 Å². The molecule has 0 saturated carbocycles. The summed E-state index contributed by atoms with van der Waals surface area (Å²) in [5, 5.41) is 10.4. The van der Waals surface area contributed by atoms with Crippen LogP contribution < -0.4 is 0 Å². The van der Waals surface area contributed by atoms with Gasteiger partial charge in [-0.2, -0.15) is 0 Å². The van der Waals surface area contributed by atoms with Crippen LogP contribution in [-0.2, 0) is 9.53 Å². The number of carbonyl (C=O) groups excluding carboxylic acids is 1. The number of hydrogen-bond donors (Lipinski definition) is 1. The van der Waals surface area contributed by atoms with Crippen LogP contribution in [0, 0.1) is 5.92 Å². The smallest absolute Gasteiger partial charge is 0.311 e. The van der Waals surface area contributed by atoms with Crippen molar-refractivity contribution in [3.8, 4) is 0 Å². The summed E-state index contributed by atoms with van der Waals surface area (Å²) in [6, 6.07) is 6.91. The summed E-state index contributed by atoms with van der Waals surface area (Å²) >= 11 is 5.93. The summed E-state index contributed by atoms with van der Waals surface area (Å²) in [7, 11) is 0. The first-order chi connectivity index (χ1) is 7.57. The number of hydrogen-bond acceptors (Lipinski definition) is 3. The van der Waals surface area contributed by atoms with E-state index < -0.39 is 18.0 Å². The monoisotopic (exact) mass is 242 g/mol. The molecule has 2 unspecified atom stereocenters. The van der Waals surface area contributed by atoms with Crippen molar-refractivity contribution in [1.29, 1.82) is 0 Å². The number of ether oxygens (including phenoxy) is 1. The summed E-state index contributed by atoms with van der Waals surface area (Å²) < 4.78 is 4.84. The summed E-state index contributed by atoms with van der Waals surface area (Å²) in [5.74, 6) is -1.05. The van der Waals surface area contributed by atoms with Crippen LogP contribution in [0.4, 0.5) is 0 Å². The molecule has 0 amide bonds. The minimum absolute atomic E-state index is 0.304. The highest BCUT2D eigenvalue weighted by Crippen LogP contribution is 2.28. The zero-order valence-corrected chi connectivity index (χ0v) is 10.1. The van der Waals surface area contributed by atoms with E-state index in [1.54, 1.807) is 38.1 Å². The van der Waals surface area contributed by atoms with Gasteiger partial charge in [0, 0.05) is 5.02 Å². The lowest BCUT2D eigenvalue weighted by Crippen LogP contribution is -2.22. The van der Waals surface area contributed by atoms with Crippen LogP contribution >= 0.6 is 11.6 Å². The highest BCUT2D eigenvalue weighted by atomic mass is 35.5. The van der Waals surface area contributed by atoms with Gasteiger partial charge in [0.05, 0.1) is 18.6 Å². The Balaban J connectivity index is 2.82. The van der Waals surface area contributed by atoms with E-state index >= 15 is 0 Å². The third-order valence-corrected chi connectivity index (χ3v) is 2.70. The second-order valence-corrected chi connectivity index (χ2v) is 3.91. The number of esters is 1. The summed E-state index contributed by atoms with van der Waals surface area (Å²) in [6.45, 7) is 3.65. The number of benzene rings is 1. The van der Waals surface area contributed by atoms with E-state index in [9.17, 15) is 9.90 Å². The minimum atomic E-state index is -0.937. The van der Waals surface area contributed by atoms with Crippen molar-refractivity contribution in [1.82, 2.24) is 0 Å². The summed E-state index contributed by atoms with van der Waals surface area (Å²) in [4.78, 5) is 11.4. The van der Waals surface area contributed by atoms with Crippen molar-refractivity contribution in [2.75, 3.05) is 6.61 Å². The van der Waals surface area contributed by atoms with E-state index in [2.05, 4.69) is 0 Å². The fourth-order valence-corrected chi connectivity index (χ4v) is 1.63. The number of aliphatic hydroxyl groups is 1. The predicted molar refractivity (Wildman–Crippen MR) is 62.2 cm³/mol. The molecule has 0 heterocycles. The topological polar surface area (TPSA) is 46.5 Å². The zero-order valence-electron chi connectivity index (χ0n) is 9.31. The van der Waals surface area contributed by atoms with Gasteiger partial charge in [0.1, 0.15) is 0 Å². The SMILES string of the molecule is CCOC(=O)C(C)C(O)c1ccccc1Cl. The molecule has 88 valence electrons. The molecule has 1 aromatic rings. The lowest BCUT2D eigenvalue weighted by molar-refractivity contribution is -0.151. The number of halogens is 1. The average molecular weight is 243 g/mol. The van der Waals surface area contributed by atoms with Crippen molar-refractivity contribution in [2.45, 2.75) is 20.0 Å². The van der Waals surface area contributed by atoms with Crippen LogP contribution in [0.15, 0.2) is 24.3 Å². The fraction of sp³-hybridized carbons (Fsp3) is 0.417. The van der Waals surface area contributed by atoms with Crippen LogP contribution in [0.5, 0.6) is 0 Å². The van der Waals surface area contributed by atoms with Gasteiger partial charge in [-0.25, -0.2) is 0 Å². The number of rotatable bonds is 4. The Hall–Kier alpha value is -1.06. The Labute approximate surface area is 100.0 Å². The summed E-state index contributed by atoms with van der Waals surface area (Å²) in [6.07, 6.45) is -0.937. The predicted octanol–water partition coefficient (Wildman–Crippen LogP) is 2.57. The molecular formula is C12H15ClO3. The average Bonchev–Trinajstić information content (AvgIpc) is 2.28. The van der Waals surface area contributed by atoms with Crippen molar-refractivity contribution >= 4 is 17.6 Å². The minimum Gasteiger partial charge on any atom is -0.466 e. The van der Waals surface area contributed by atoms with E-state index in [4.69, 9.17) is 16.3 Å². The molecule has 0 aliphatic heterocycles. The van der Waals surface area contributed by atoms with Crippen LogP contribution in [0.3, 0.4) is 0 Å². The molecule has 0 aliphatic carbocycles. The third kappa shape index (κ3) is 2.97. The molecule has 0 fully saturated rings. The van der Waals surface area contributed by atoms with Gasteiger partial charge in [-0.3, -0.25) is 4.79 Å². The molecule has 1 N–H and O–H groups in total. The molecule has 0 spiro atoms. The van der Waals surface area contributed by atoms with Crippen LogP contribution in [-0.4, -0.2) is 17.7 Å². The summed E-state index contributed by atoms with van der Waals surface area (Å²) in [5.41, 5.74) is 0.546. The van der Waals surface area contributed by atoms with Gasteiger partial charge in [-0.05, 0) is 25.5 Å². The number of carbonyl (C=O) groups is 1. The third-order valence-electron chi connectivity index (χ3n) is 2.36. The lowest BCUT2D eigenvalue weighted by atomic mass is 9.97. The highest BCUT2D eigenvalue weighted by molar-refractivity contribution is 6.31. The van der Waals surface area contributed by atoms with Crippen molar-refractivity contribution < 1.29 is 14.6 Å². The first kappa shape index (κ1) is 13.0. The molecule has 2 atom stereocenters. The molecule has 3 nitrogen and oxygen atoms in total. The maximum atomic E-state index is 11.4. The van der Waals surface area contributed by atoms with E-state index in [1.807, 2.05) is 0 Å². The molecule has 4 heteroatoms. The standard InChI is InChI=1S/C12H15ClO3/c1-3-16-12(15)8(2)11(14)9-6-4-5-7-10(9)13/h4-8,11,14H,3H2,1-2H3. The van der Waals surface area contributed by atoms with E-state index in [0.29, 0.717) is 17.2 Å². The Morgan fingerprint density at radius 3 is 2.69 bits per heavy atom. The molecule has 1 aromatic carbocycles. The van der Waals surface area contributed by atoms with E-state index in [1.165, 1.54) is 0 Å². The molecule has 1 rings (SSSR count). The second-order valence-electron chi connectivity index (χ2n) is 3.51. The maximum Gasteiger partial charge on any atom is 0.311 e. The van der Waals surface area contributed by atoms with Crippen LogP contribution in [0.25, 0.3) is 0 Å². The van der Waals surface area contributed by atoms with Gasteiger partial charge < -0.3 is 9.84 Å². The van der Waals surface area contributed by atoms with Crippen molar-refractivity contribution in [2.24, 2.45) is 5.92 Å². The lowest BCUT2D eigenvalue weighted by Gasteiger charge is -2.18. The van der Waals surface area contributed by atoms with Gasteiger partial charge in [0.2, 0.25) is 0 Å². The molecule has 16 heavy (non-hydrogen) atoms. The van der Waals surface area contributed by atoms with Gasteiger partial charge >= 0.3 is 5.97 Å². The zero-order chi connectivity index (χ0) is 12.1. The fourth-order valence-electron chi connectivity index (χ4n) is 1.39. The molecule has 0 bridgehead atoms. The normalized spacial score (nSPS) is 14.2. The Kier molecular flexibility index (Phi) is 4.77. The van der Waals surface area contributed by atoms with Crippen LogP contribution in [0.2, 0.25) is 5.02 Å². The highest BCUT2D eigenvalue weighted by Gasteiger charge is 2.25. The Bertz CT molecular complexity index is 365. The Morgan fingerprint density at radius 1 is 1.50 bits per heavy atom. The van der Waals surface area contributed by atoms with Crippen LogP contribution in [0.1, 0.15) is 25.5 Å². The molecule has 0 aromatic heterocycles. The molecule has 0 saturated heterocycles. The second kappa shape index (κ2) is 5.87. The number of aliphatic hydroxyl groups excluding tert-OH is 1. The van der Waals surface area contributed by atoms with E-state index in [-0.39, 0.29) is 0 Å². The van der Waals surface area contributed by atoms with Gasteiger partial charge in [0.25, 0.3) is 0 Å². The largest absolute Gasteiger partial charge is 0.466 e. The van der Waals surface area contributed by atoms with Crippen molar-refractivity contribution in [3.63, 3.8) is 0 Å². The van der Waals surface area contributed by atoms with Gasteiger partial charge in [0.15, 0.2) is 0 Å². The van der Waals surface area contributed by atoms with Crippen molar-refractivity contribution in [3.05, 3.63) is 34.9 Å². The van der Waals surface area contributed by atoms with Gasteiger partial charge in [-0.15, -0.1) is 0 Å². The first-order valence-corrected chi connectivity index (χ1v) is 5.54. The molecular weight excluding hydrogens is 228 g/mol. The van der Waals surface area contributed by atoms with Gasteiger partial charge in [-0.1, -0.05) is 29.8 Å². The first-order valence-electron chi connectivity index (χ1n) is 5.17. The quantitative estimate of drug-likeness (QED) is 0.826. The Morgan fingerprint density at radius 2 is 2.12 bits per heavy atom. The molecule has 0 aliphatic rings. The maximum absolute atomic E-state index is 11.4.